The average molecular weight is 291 g/mol. The lowest BCUT2D eigenvalue weighted by Gasteiger charge is -2.19. The molecule has 1 heterocycles. The van der Waals surface area contributed by atoms with Gasteiger partial charge >= 0.3 is 5.97 Å². The van der Waals surface area contributed by atoms with Gasteiger partial charge in [0.1, 0.15) is 0 Å². The van der Waals surface area contributed by atoms with Gasteiger partial charge in [0.05, 0.1) is 17.0 Å². The third-order valence-electron chi connectivity index (χ3n) is 2.85. The number of nitrogens with zero attached hydrogens (tertiary/aromatic N) is 1. The van der Waals surface area contributed by atoms with Crippen LogP contribution in [0.4, 0.5) is 14.5 Å². The summed E-state index contributed by atoms with van der Waals surface area (Å²) in [5.41, 5.74) is -0.910. The fourth-order valence-corrected chi connectivity index (χ4v) is 4.00. The van der Waals surface area contributed by atoms with E-state index in [2.05, 4.69) is 0 Å². The lowest BCUT2D eigenvalue weighted by atomic mass is 10.1. The molecular weight excluding hydrogens is 280 g/mol. The maximum atomic E-state index is 13.2. The molecule has 1 fully saturated rings. The van der Waals surface area contributed by atoms with E-state index in [0.29, 0.717) is 12.1 Å². The number of hydrogen-bond acceptors (Lipinski definition) is 3. The second-order valence-electron chi connectivity index (χ2n) is 4.50. The minimum atomic E-state index is -3.69. The standard InChI is InChI=1S/C11H11F2NO4S/c1-6-4-14(19(17,18)5-6)10-3-9(13)8(12)2-7(10)11(15)16/h2-3,6H,4-5H2,1H3,(H,15,16). The predicted molar refractivity (Wildman–Crippen MR) is 63.6 cm³/mol. The smallest absolute Gasteiger partial charge is 0.337 e. The van der Waals surface area contributed by atoms with Crippen LogP contribution < -0.4 is 4.31 Å². The molecule has 0 aliphatic carbocycles. The van der Waals surface area contributed by atoms with Gasteiger partial charge < -0.3 is 5.11 Å². The molecule has 0 radical (unpaired) electrons. The van der Waals surface area contributed by atoms with Crippen LogP contribution in [-0.2, 0) is 10.0 Å². The topological polar surface area (TPSA) is 74.7 Å². The number of halogens is 2. The zero-order valence-corrected chi connectivity index (χ0v) is 10.7. The summed E-state index contributed by atoms with van der Waals surface area (Å²) in [5.74, 6) is -4.48. The number of carboxylic acid groups (broad SMARTS) is 1. The Morgan fingerprint density at radius 1 is 1.37 bits per heavy atom. The summed E-state index contributed by atoms with van der Waals surface area (Å²) in [4.78, 5) is 11.0. The van der Waals surface area contributed by atoms with Crippen LogP contribution in [0.3, 0.4) is 0 Å². The van der Waals surface area contributed by atoms with Crippen molar-refractivity contribution >= 4 is 21.7 Å². The lowest BCUT2D eigenvalue weighted by Crippen LogP contribution is -2.27. The van der Waals surface area contributed by atoms with E-state index in [-0.39, 0.29) is 23.9 Å². The molecule has 0 amide bonds. The van der Waals surface area contributed by atoms with Crippen LogP contribution in [0.5, 0.6) is 0 Å². The zero-order chi connectivity index (χ0) is 14.4. The summed E-state index contributed by atoms with van der Waals surface area (Å²) in [6.45, 7) is 1.73. The Hall–Kier alpha value is -1.70. The molecule has 8 heteroatoms. The van der Waals surface area contributed by atoms with E-state index in [1.54, 1.807) is 6.92 Å². The number of aromatic carboxylic acids is 1. The van der Waals surface area contributed by atoms with E-state index in [1.165, 1.54) is 0 Å². The van der Waals surface area contributed by atoms with Gasteiger partial charge in [0.2, 0.25) is 10.0 Å². The Morgan fingerprint density at radius 3 is 2.42 bits per heavy atom. The Bertz CT molecular complexity index is 644. The molecule has 1 unspecified atom stereocenters. The molecule has 2 rings (SSSR count). The van der Waals surface area contributed by atoms with E-state index < -0.39 is 33.2 Å². The SMILES string of the molecule is CC1CN(c2cc(F)c(F)cc2C(=O)O)S(=O)(=O)C1. The lowest BCUT2D eigenvalue weighted by molar-refractivity contribution is 0.0697. The van der Waals surface area contributed by atoms with Gasteiger partial charge in [0.15, 0.2) is 11.6 Å². The molecule has 1 atom stereocenters. The second kappa shape index (κ2) is 4.44. The third kappa shape index (κ3) is 2.40. The van der Waals surface area contributed by atoms with Crippen molar-refractivity contribution in [1.82, 2.24) is 0 Å². The van der Waals surface area contributed by atoms with Crippen LogP contribution in [0.15, 0.2) is 12.1 Å². The van der Waals surface area contributed by atoms with Crippen LogP contribution in [0.25, 0.3) is 0 Å². The predicted octanol–water partition coefficient (Wildman–Crippen LogP) is 1.45. The highest BCUT2D eigenvalue weighted by Gasteiger charge is 2.36. The molecule has 1 saturated heterocycles. The normalized spacial score (nSPS) is 21.6. The van der Waals surface area contributed by atoms with Gasteiger partial charge in [-0.25, -0.2) is 22.0 Å². The van der Waals surface area contributed by atoms with Crippen molar-refractivity contribution in [2.24, 2.45) is 5.92 Å². The number of carbonyl (C=O) groups is 1. The Labute approximate surface area is 108 Å². The van der Waals surface area contributed by atoms with Gasteiger partial charge in [-0.15, -0.1) is 0 Å². The fraction of sp³-hybridized carbons (Fsp3) is 0.364. The van der Waals surface area contributed by atoms with E-state index in [0.717, 1.165) is 4.31 Å². The molecule has 1 aliphatic rings. The molecule has 1 aromatic rings. The van der Waals surface area contributed by atoms with Crippen molar-refractivity contribution in [3.63, 3.8) is 0 Å². The highest BCUT2D eigenvalue weighted by molar-refractivity contribution is 7.93. The highest BCUT2D eigenvalue weighted by Crippen LogP contribution is 2.31. The summed E-state index contributed by atoms with van der Waals surface area (Å²) in [7, 11) is -3.69. The minimum Gasteiger partial charge on any atom is -0.478 e. The summed E-state index contributed by atoms with van der Waals surface area (Å²) in [5, 5.41) is 8.97. The molecular formula is C11H11F2NO4S. The van der Waals surface area contributed by atoms with Crippen molar-refractivity contribution in [1.29, 1.82) is 0 Å². The first-order valence-electron chi connectivity index (χ1n) is 5.45. The van der Waals surface area contributed by atoms with Crippen molar-refractivity contribution in [3.05, 3.63) is 29.3 Å². The average Bonchev–Trinajstić information content (AvgIpc) is 2.54. The summed E-state index contributed by atoms with van der Waals surface area (Å²) < 4.78 is 50.8. The largest absolute Gasteiger partial charge is 0.478 e. The fourth-order valence-electron chi connectivity index (χ4n) is 2.06. The maximum absolute atomic E-state index is 13.2. The van der Waals surface area contributed by atoms with Gasteiger partial charge in [-0.05, 0) is 12.0 Å². The minimum absolute atomic E-state index is 0.0493. The van der Waals surface area contributed by atoms with Crippen LogP contribution >= 0.6 is 0 Å². The Balaban J connectivity index is 2.62. The zero-order valence-electron chi connectivity index (χ0n) is 9.93. The van der Waals surface area contributed by atoms with Crippen LogP contribution in [0.1, 0.15) is 17.3 Å². The maximum Gasteiger partial charge on any atom is 0.337 e. The molecule has 0 aromatic heterocycles. The molecule has 5 nitrogen and oxygen atoms in total. The number of hydrogen-bond donors (Lipinski definition) is 1. The van der Waals surface area contributed by atoms with Gasteiger partial charge in [-0.3, -0.25) is 4.31 Å². The third-order valence-corrected chi connectivity index (χ3v) is 4.85. The van der Waals surface area contributed by atoms with Crippen LogP contribution in [0, 0.1) is 17.6 Å². The number of benzene rings is 1. The molecule has 1 aromatic carbocycles. The summed E-state index contributed by atoms with van der Waals surface area (Å²) in [6.07, 6.45) is 0. The van der Waals surface area contributed by atoms with E-state index in [9.17, 15) is 22.0 Å². The van der Waals surface area contributed by atoms with E-state index in [1.807, 2.05) is 0 Å². The number of rotatable bonds is 2. The van der Waals surface area contributed by atoms with Crippen molar-refractivity contribution in [2.75, 3.05) is 16.6 Å². The van der Waals surface area contributed by atoms with Gasteiger partial charge in [-0.1, -0.05) is 6.92 Å². The first-order valence-corrected chi connectivity index (χ1v) is 7.06. The second-order valence-corrected chi connectivity index (χ2v) is 6.44. The molecule has 0 spiro atoms. The van der Waals surface area contributed by atoms with Crippen molar-refractivity contribution in [3.8, 4) is 0 Å². The number of carboxylic acids is 1. The quantitative estimate of drug-likeness (QED) is 0.895. The molecule has 1 aliphatic heterocycles. The first kappa shape index (κ1) is 13.7. The van der Waals surface area contributed by atoms with Crippen molar-refractivity contribution < 1.29 is 27.1 Å². The van der Waals surface area contributed by atoms with Gasteiger partial charge in [-0.2, -0.15) is 0 Å². The van der Waals surface area contributed by atoms with Crippen LogP contribution in [0.2, 0.25) is 0 Å². The highest BCUT2D eigenvalue weighted by atomic mass is 32.2. The van der Waals surface area contributed by atoms with E-state index >= 15 is 0 Å². The summed E-state index contributed by atoms with van der Waals surface area (Å²) >= 11 is 0. The number of sulfonamides is 1. The molecule has 0 saturated carbocycles. The van der Waals surface area contributed by atoms with E-state index in [4.69, 9.17) is 5.11 Å². The molecule has 0 bridgehead atoms. The summed E-state index contributed by atoms with van der Waals surface area (Å²) in [6, 6.07) is 1.10. The molecule has 19 heavy (non-hydrogen) atoms. The Kier molecular flexibility index (Phi) is 3.21. The molecule has 1 N–H and O–H groups in total. The van der Waals surface area contributed by atoms with Crippen LogP contribution in [-0.4, -0.2) is 31.8 Å². The van der Waals surface area contributed by atoms with Crippen molar-refractivity contribution in [2.45, 2.75) is 6.92 Å². The first-order chi connectivity index (χ1) is 8.72. The Morgan fingerprint density at radius 2 is 1.95 bits per heavy atom. The molecule has 104 valence electrons. The van der Waals surface area contributed by atoms with Gasteiger partial charge in [0.25, 0.3) is 0 Å². The number of anilines is 1. The monoisotopic (exact) mass is 291 g/mol. The van der Waals surface area contributed by atoms with Gasteiger partial charge in [0, 0.05) is 12.6 Å².